The molecular formula is C25H23BrN6O3S. The number of hydrogen-bond acceptors (Lipinski definition) is 7. The molecule has 1 saturated heterocycles. The lowest BCUT2D eigenvalue weighted by Crippen LogP contribution is -2.08. The minimum atomic E-state index is -2.86. The summed E-state index contributed by atoms with van der Waals surface area (Å²) in [4.78, 5) is 17.1. The number of hydrogen-bond donors (Lipinski definition) is 1. The molecule has 2 aromatic carbocycles. The Labute approximate surface area is 216 Å². The molecule has 1 aliphatic heterocycles. The second-order valence-electron chi connectivity index (χ2n) is 9.15. The summed E-state index contributed by atoms with van der Waals surface area (Å²) in [5.74, 6) is 2.96. The molecule has 0 bridgehead atoms. The molecular weight excluding hydrogens is 544 g/mol. The van der Waals surface area contributed by atoms with Gasteiger partial charge in [-0.25, -0.2) is 18.4 Å². The van der Waals surface area contributed by atoms with Crippen LogP contribution in [-0.2, 0) is 16.4 Å². The first-order valence-electron chi connectivity index (χ1n) is 11.7. The second-order valence-corrected chi connectivity index (χ2v) is 12.2. The maximum absolute atomic E-state index is 11.7. The molecule has 1 N–H and O–H groups in total. The number of aromatic nitrogens is 6. The predicted molar refractivity (Wildman–Crippen MR) is 141 cm³/mol. The summed E-state index contributed by atoms with van der Waals surface area (Å²) in [7, 11) is -2.86. The fourth-order valence-electron chi connectivity index (χ4n) is 4.58. The lowest BCUT2D eigenvalue weighted by atomic mass is 10.1. The highest BCUT2D eigenvalue weighted by molar-refractivity contribution is 9.10. The third-order valence-electron chi connectivity index (χ3n) is 6.44. The van der Waals surface area contributed by atoms with E-state index in [2.05, 4.69) is 36.0 Å². The van der Waals surface area contributed by atoms with Crippen molar-refractivity contribution in [2.75, 3.05) is 11.5 Å². The summed E-state index contributed by atoms with van der Waals surface area (Å²) in [5.41, 5.74) is 4.78. The molecule has 0 saturated carbocycles. The Balaban J connectivity index is 1.23. The standard InChI is InChI=1S/C25H23BrN6O3S/c1-15-29-19-3-2-18(10-21(19)30-15)35-23-5-4-20-25(24(23)26)31-22(12-27-20)17-11-28-32(13-17)8-6-16-7-9-36(33,34)14-16/h2-5,10-13,16H,6-9,14H2,1H3,(H,29,30). The number of aromatic amines is 1. The first-order chi connectivity index (χ1) is 17.3. The van der Waals surface area contributed by atoms with Crippen molar-refractivity contribution in [2.24, 2.45) is 5.92 Å². The van der Waals surface area contributed by atoms with Crippen molar-refractivity contribution in [3.05, 3.63) is 59.2 Å². The molecule has 0 radical (unpaired) electrons. The number of benzene rings is 2. The van der Waals surface area contributed by atoms with E-state index in [9.17, 15) is 8.42 Å². The van der Waals surface area contributed by atoms with Crippen molar-refractivity contribution in [3.63, 3.8) is 0 Å². The normalized spacial score (nSPS) is 17.2. The lowest BCUT2D eigenvalue weighted by Gasteiger charge is -2.10. The molecule has 1 fully saturated rings. The van der Waals surface area contributed by atoms with E-state index >= 15 is 0 Å². The molecule has 3 aromatic heterocycles. The Kier molecular flexibility index (Phi) is 5.76. The zero-order valence-electron chi connectivity index (χ0n) is 19.5. The maximum atomic E-state index is 11.7. The summed E-state index contributed by atoms with van der Waals surface area (Å²) in [6.45, 7) is 2.59. The van der Waals surface area contributed by atoms with Crippen LogP contribution in [0.2, 0.25) is 0 Å². The largest absolute Gasteiger partial charge is 0.456 e. The van der Waals surface area contributed by atoms with Crippen LogP contribution in [0.3, 0.4) is 0 Å². The van der Waals surface area contributed by atoms with Crippen molar-refractivity contribution in [1.29, 1.82) is 0 Å². The fourth-order valence-corrected chi connectivity index (χ4v) is 7.00. The van der Waals surface area contributed by atoms with Crippen LogP contribution in [0, 0.1) is 12.8 Å². The Bertz CT molecular complexity index is 1710. The maximum Gasteiger partial charge on any atom is 0.150 e. The average molecular weight is 567 g/mol. The van der Waals surface area contributed by atoms with Gasteiger partial charge in [-0.05, 0) is 65.9 Å². The van der Waals surface area contributed by atoms with Crippen LogP contribution < -0.4 is 4.74 Å². The summed E-state index contributed by atoms with van der Waals surface area (Å²) < 4.78 is 32.1. The van der Waals surface area contributed by atoms with Gasteiger partial charge in [0.1, 0.15) is 22.8 Å². The molecule has 9 nitrogen and oxygen atoms in total. The fraction of sp³-hybridized carbons (Fsp3) is 0.280. The van der Waals surface area contributed by atoms with E-state index in [-0.39, 0.29) is 11.7 Å². The molecule has 1 unspecified atom stereocenters. The summed E-state index contributed by atoms with van der Waals surface area (Å²) in [6.07, 6.45) is 6.95. The first kappa shape index (κ1) is 23.1. The predicted octanol–water partition coefficient (Wildman–Crippen LogP) is 5.06. The third-order valence-corrected chi connectivity index (χ3v) is 9.04. The van der Waals surface area contributed by atoms with Gasteiger partial charge in [0.15, 0.2) is 9.84 Å². The van der Waals surface area contributed by atoms with Crippen LogP contribution in [0.25, 0.3) is 33.3 Å². The van der Waals surface area contributed by atoms with Gasteiger partial charge < -0.3 is 9.72 Å². The van der Waals surface area contributed by atoms with Crippen molar-refractivity contribution < 1.29 is 13.2 Å². The first-order valence-corrected chi connectivity index (χ1v) is 14.3. The molecule has 1 atom stereocenters. The third kappa shape index (κ3) is 4.60. The van der Waals surface area contributed by atoms with Crippen LogP contribution in [0.15, 0.2) is 53.4 Å². The number of halogens is 1. The molecule has 5 aromatic rings. The molecule has 0 spiro atoms. The number of aryl methyl sites for hydroxylation is 2. The van der Waals surface area contributed by atoms with E-state index in [1.54, 1.807) is 12.4 Å². The van der Waals surface area contributed by atoms with E-state index < -0.39 is 9.84 Å². The van der Waals surface area contributed by atoms with Crippen LogP contribution >= 0.6 is 15.9 Å². The highest BCUT2D eigenvalue weighted by atomic mass is 79.9. The summed E-state index contributed by atoms with van der Waals surface area (Å²) in [5, 5.41) is 4.45. The van der Waals surface area contributed by atoms with Crippen LogP contribution in [-0.4, -0.2) is 49.6 Å². The van der Waals surface area contributed by atoms with Gasteiger partial charge in [-0.3, -0.25) is 9.67 Å². The van der Waals surface area contributed by atoms with Crippen LogP contribution in [0.4, 0.5) is 0 Å². The molecule has 1 aliphatic rings. The molecule has 6 rings (SSSR count). The van der Waals surface area contributed by atoms with Crippen molar-refractivity contribution in [3.8, 4) is 22.8 Å². The topological polar surface area (TPSA) is 116 Å². The number of ether oxygens (including phenoxy) is 1. The average Bonchev–Trinajstić information content (AvgIpc) is 3.56. The van der Waals surface area contributed by atoms with E-state index in [1.807, 2.05) is 48.1 Å². The molecule has 36 heavy (non-hydrogen) atoms. The van der Waals surface area contributed by atoms with E-state index in [4.69, 9.17) is 9.72 Å². The van der Waals surface area contributed by atoms with Gasteiger partial charge in [0.05, 0.1) is 50.6 Å². The molecule has 0 amide bonds. The van der Waals surface area contributed by atoms with Crippen molar-refractivity contribution >= 4 is 47.8 Å². The van der Waals surface area contributed by atoms with Crippen LogP contribution in [0.1, 0.15) is 18.7 Å². The van der Waals surface area contributed by atoms with E-state index in [0.29, 0.717) is 39.5 Å². The zero-order valence-corrected chi connectivity index (χ0v) is 21.9. The van der Waals surface area contributed by atoms with E-state index in [1.165, 1.54) is 0 Å². The molecule has 0 aliphatic carbocycles. The number of imidazole rings is 1. The number of nitrogens with one attached hydrogen (secondary N) is 1. The van der Waals surface area contributed by atoms with Gasteiger partial charge in [0, 0.05) is 24.4 Å². The highest BCUT2D eigenvalue weighted by Gasteiger charge is 2.27. The molecule has 4 heterocycles. The van der Waals surface area contributed by atoms with E-state index in [0.717, 1.165) is 40.8 Å². The van der Waals surface area contributed by atoms with Gasteiger partial charge >= 0.3 is 0 Å². The zero-order chi connectivity index (χ0) is 24.9. The molecule has 184 valence electrons. The number of rotatable bonds is 6. The quantitative estimate of drug-likeness (QED) is 0.305. The minimum absolute atomic E-state index is 0.204. The Hall–Kier alpha value is -3.31. The number of H-pyrrole nitrogens is 1. The molecule has 11 heteroatoms. The van der Waals surface area contributed by atoms with Gasteiger partial charge in [-0.1, -0.05) is 0 Å². The summed E-state index contributed by atoms with van der Waals surface area (Å²) in [6, 6.07) is 9.47. The summed E-state index contributed by atoms with van der Waals surface area (Å²) >= 11 is 3.66. The Morgan fingerprint density at radius 2 is 2.03 bits per heavy atom. The van der Waals surface area contributed by atoms with Gasteiger partial charge in [0.25, 0.3) is 0 Å². The SMILES string of the molecule is Cc1nc2ccc(Oc3ccc4ncc(-c5cnn(CCC6CCS(=O)(=O)C6)c5)nc4c3Br)cc2[nH]1. The number of sulfone groups is 1. The monoisotopic (exact) mass is 566 g/mol. The smallest absolute Gasteiger partial charge is 0.150 e. The second kappa shape index (κ2) is 8.97. The van der Waals surface area contributed by atoms with Crippen molar-refractivity contribution in [2.45, 2.75) is 26.3 Å². The minimum Gasteiger partial charge on any atom is -0.456 e. The Morgan fingerprint density at radius 1 is 1.17 bits per heavy atom. The number of nitrogens with zero attached hydrogens (tertiary/aromatic N) is 5. The van der Waals surface area contributed by atoms with Gasteiger partial charge in [-0.15, -0.1) is 0 Å². The highest BCUT2D eigenvalue weighted by Crippen LogP contribution is 2.36. The van der Waals surface area contributed by atoms with Crippen LogP contribution in [0.5, 0.6) is 11.5 Å². The van der Waals surface area contributed by atoms with Crippen molar-refractivity contribution in [1.82, 2.24) is 29.7 Å². The lowest BCUT2D eigenvalue weighted by molar-refractivity contribution is 0.465. The van der Waals surface area contributed by atoms with Gasteiger partial charge in [0.2, 0.25) is 0 Å². The van der Waals surface area contributed by atoms with Gasteiger partial charge in [-0.2, -0.15) is 5.10 Å². The Morgan fingerprint density at radius 3 is 2.86 bits per heavy atom. The number of fused-ring (bicyclic) bond motifs is 2.